The van der Waals surface area contributed by atoms with Gasteiger partial charge in [0.05, 0.1) is 10.2 Å². The zero-order valence-electron chi connectivity index (χ0n) is 5.45. The van der Waals surface area contributed by atoms with Gasteiger partial charge in [0.1, 0.15) is 0 Å². The molecule has 1 nitrogen and oxygen atoms in total. The van der Waals surface area contributed by atoms with Gasteiger partial charge < -0.3 is 0 Å². The van der Waals surface area contributed by atoms with Crippen LogP contribution < -0.4 is 0 Å². The predicted octanol–water partition coefficient (Wildman–Crippen LogP) is 2.29. The maximum Gasteiger partial charge on any atom is 0.0809 e. The summed E-state index contributed by atoms with van der Waals surface area (Å²) in [5, 5.41) is 2.05. The number of thiophene rings is 1. The van der Waals surface area contributed by atoms with E-state index in [4.69, 9.17) is 0 Å². The SMILES string of the molecule is [Zn].c1cnc2ccsc2c1. The van der Waals surface area contributed by atoms with Crippen molar-refractivity contribution in [1.82, 2.24) is 4.98 Å². The van der Waals surface area contributed by atoms with Crippen LogP contribution in [0.4, 0.5) is 0 Å². The van der Waals surface area contributed by atoms with Gasteiger partial charge in [-0.15, -0.1) is 11.3 Å². The van der Waals surface area contributed by atoms with E-state index in [1.807, 2.05) is 18.3 Å². The van der Waals surface area contributed by atoms with Crippen LogP contribution in [-0.2, 0) is 19.5 Å². The first-order chi connectivity index (χ1) is 4.47. The van der Waals surface area contributed by atoms with Crippen molar-refractivity contribution < 1.29 is 19.5 Å². The average molecular weight is 201 g/mol. The number of pyridine rings is 1. The van der Waals surface area contributed by atoms with Crippen molar-refractivity contribution in [2.45, 2.75) is 0 Å². The van der Waals surface area contributed by atoms with Crippen LogP contribution in [0.5, 0.6) is 0 Å². The molecule has 2 rings (SSSR count). The Morgan fingerprint density at radius 2 is 2.20 bits per heavy atom. The molecule has 46 valence electrons. The van der Waals surface area contributed by atoms with Crippen molar-refractivity contribution in [3.63, 3.8) is 0 Å². The molecule has 2 aromatic heterocycles. The second-order valence-electron chi connectivity index (χ2n) is 1.81. The Bertz CT molecular complexity index is 288. The fourth-order valence-electron chi connectivity index (χ4n) is 0.799. The summed E-state index contributed by atoms with van der Waals surface area (Å²) in [7, 11) is 0. The van der Waals surface area contributed by atoms with E-state index < -0.39 is 0 Å². The molecule has 0 aliphatic rings. The smallest absolute Gasteiger partial charge is 0.0809 e. The summed E-state index contributed by atoms with van der Waals surface area (Å²) in [5.74, 6) is 0. The first kappa shape index (κ1) is 7.84. The topological polar surface area (TPSA) is 12.9 Å². The number of hydrogen-bond donors (Lipinski definition) is 0. The molecule has 0 amide bonds. The maximum atomic E-state index is 4.15. The molecule has 2 aromatic rings. The fraction of sp³-hybridized carbons (Fsp3) is 0. The Balaban J connectivity index is 0.000000500. The molecule has 0 aliphatic carbocycles. The van der Waals surface area contributed by atoms with Gasteiger partial charge in [-0.2, -0.15) is 0 Å². The molecule has 0 radical (unpaired) electrons. The van der Waals surface area contributed by atoms with Crippen LogP contribution in [0.3, 0.4) is 0 Å². The molecule has 0 N–H and O–H groups in total. The van der Waals surface area contributed by atoms with Gasteiger partial charge in [-0.25, -0.2) is 0 Å². The van der Waals surface area contributed by atoms with Crippen LogP contribution in [0, 0.1) is 0 Å². The standard InChI is InChI=1S/C7H5NS.Zn/c1-2-7-6(8-4-1)3-5-9-7;/h1-5H;. The van der Waals surface area contributed by atoms with E-state index in [2.05, 4.69) is 16.4 Å². The van der Waals surface area contributed by atoms with Gasteiger partial charge in [-0.05, 0) is 23.6 Å². The molecule has 2 heterocycles. The van der Waals surface area contributed by atoms with Crippen molar-refractivity contribution in [3.8, 4) is 0 Å². The molecular weight excluding hydrogens is 196 g/mol. The van der Waals surface area contributed by atoms with Crippen molar-refractivity contribution in [1.29, 1.82) is 0 Å². The average Bonchev–Trinajstić information content (AvgIpc) is 2.33. The van der Waals surface area contributed by atoms with Crippen molar-refractivity contribution >= 4 is 21.6 Å². The second kappa shape index (κ2) is 3.22. The summed E-state index contributed by atoms with van der Waals surface area (Å²) in [4.78, 5) is 4.15. The van der Waals surface area contributed by atoms with Crippen LogP contribution in [0.25, 0.3) is 10.2 Å². The Kier molecular flexibility index (Phi) is 2.52. The minimum atomic E-state index is 0. The Morgan fingerprint density at radius 3 is 3.00 bits per heavy atom. The Morgan fingerprint density at radius 1 is 1.30 bits per heavy atom. The zero-order chi connectivity index (χ0) is 6.10. The monoisotopic (exact) mass is 199 g/mol. The minimum absolute atomic E-state index is 0. The van der Waals surface area contributed by atoms with Gasteiger partial charge in [0.15, 0.2) is 0 Å². The third-order valence-electron chi connectivity index (χ3n) is 1.22. The molecule has 10 heavy (non-hydrogen) atoms. The summed E-state index contributed by atoms with van der Waals surface area (Å²) >= 11 is 1.72. The summed E-state index contributed by atoms with van der Waals surface area (Å²) in [5.41, 5.74) is 1.10. The molecule has 0 fully saturated rings. The van der Waals surface area contributed by atoms with Crippen LogP contribution in [-0.4, -0.2) is 4.98 Å². The van der Waals surface area contributed by atoms with E-state index >= 15 is 0 Å². The number of rotatable bonds is 0. The summed E-state index contributed by atoms with van der Waals surface area (Å²) in [6.45, 7) is 0. The molecule has 0 spiro atoms. The minimum Gasteiger partial charge on any atom is -0.255 e. The van der Waals surface area contributed by atoms with E-state index in [1.54, 1.807) is 11.3 Å². The van der Waals surface area contributed by atoms with E-state index in [-0.39, 0.29) is 19.5 Å². The zero-order valence-corrected chi connectivity index (χ0v) is 9.23. The largest absolute Gasteiger partial charge is 0.255 e. The number of hydrogen-bond acceptors (Lipinski definition) is 2. The number of nitrogens with zero attached hydrogens (tertiary/aromatic N) is 1. The van der Waals surface area contributed by atoms with E-state index in [0.717, 1.165) is 5.52 Å². The van der Waals surface area contributed by atoms with Crippen molar-refractivity contribution in [2.24, 2.45) is 0 Å². The molecule has 3 heteroatoms. The van der Waals surface area contributed by atoms with Crippen LogP contribution in [0.2, 0.25) is 0 Å². The third kappa shape index (κ3) is 1.25. The Hall–Kier alpha value is -0.267. The molecule has 0 atom stereocenters. The molecule has 0 saturated carbocycles. The predicted molar refractivity (Wildman–Crippen MR) is 39.6 cm³/mol. The molecule has 0 aromatic carbocycles. The van der Waals surface area contributed by atoms with E-state index in [0.29, 0.717) is 0 Å². The normalized spacial score (nSPS) is 9.20. The van der Waals surface area contributed by atoms with Gasteiger partial charge in [0.2, 0.25) is 0 Å². The van der Waals surface area contributed by atoms with Gasteiger partial charge in [0, 0.05) is 25.7 Å². The van der Waals surface area contributed by atoms with E-state index in [9.17, 15) is 0 Å². The molecular formula is C7H5NSZn. The number of fused-ring (bicyclic) bond motifs is 1. The fourth-order valence-corrected chi connectivity index (χ4v) is 1.54. The van der Waals surface area contributed by atoms with E-state index in [1.165, 1.54) is 4.70 Å². The quantitative estimate of drug-likeness (QED) is 0.595. The van der Waals surface area contributed by atoms with Gasteiger partial charge in [0.25, 0.3) is 0 Å². The Labute approximate surface area is 75.9 Å². The summed E-state index contributed by atoms with van der Waals surface area (Å²) in [6, 6.07) is 6.06. The molecule has 0 saturated heterocycles. The van der Waals surface area contributed by atoms with Crippen molar-refractivity contribution in [2.75, 3.05) is 0 Å². The molecule has 0 bridgehead atoms. The van der Waals surface area contributed by atoms with Gasteiger partial charge >= 0.3 is 0 Å². The van der Waals surface area contributed by atoms with Crippen LogP contribution >= 0.6 is 11.3 Å². The molecule has 0 aliphatic heterocycles. The summed E-state index contributed by atoms with van der Waals surface area (Å²) < 4.78 is 1.26. The maximum absolute atomic E-state index is 4.15. The van der Waals surface area contributed by atoms with Gasteiger partial charge in [-0.3, -0.25) is 4.98 Å². The second-order valence-corrected chi connectivity index (χ2v) is 2.76. The van der Waals surface area contributed by atoms with Gasteiger partial charge in [-0.1, -0.05) is 0 Å². The molecule has 0 unspecified atom stereocenters. The first-order valence-electron chi connectivity index (χ1n) is 2.75. The van der Waals surface area contributed by atoms with Crippen LogP contribution in [0.15, 0.2) is 29.8 Å². The summed E-state index contributed by atoms with van der Waals surface area (Å²) in [6.07, 6.45) is 1.81. The van der Waals surface area contributed by atoms with Crippen molar-refractivity contribution in [3.05, 3.63) is 29.8 Å². The third-order valence-corrected chi connectivity index (χ3v) is 2.09. The number of aromatic nitrogens is 1. The van der Waals surface area contributed by atoms with Crippen LogP contribution in [0.1, 0.15) is 0 Å². The first-order valence-corrected chi connectivity index (χ1v) is 3.63.